The zero-order chi connectivity index (χ0) is 19.6. The number of benzene rings is 2. The smallest absolute Gasteiger partial charge is 0.339 e. The second-order valence-electron chi connectivity index (χ2n) is 5.35. The SMILES string of the molecule is CCOc1ccc(NC(=O)COC(=O)c2ccccc2SC)cc1OCC. The van der Waals surface area contributed by atoms with Gasteiger partial charge in [-0.05, 0) is 44.4 Å². The Bertz CT molecular complexity index is 794. The first-order valence-electron chi connectivity index (χ1n) is 8.58. The Morgan fingerprint density at radius 1 is 1.00 bits per heavy atom. The fourth-order valence-corrected chi connectivity index (χ4v) is 2.93. The van der Waals surface area contributed by atoms with E-state index >= 15 is 0 Å². The van der Waals surface area contributed by atoms with E-state index in [1.54, 1.807) is 30.3 Å². The maximum Gasteiger partial charge on any atom is 0.339 e. The second-order valence-corrected chi connectivity index (χ2v) is 6.20. The molecule has 0 heterocycles. The standard InChI is InChI=1S/C20H23NO5S/c1-4-24-16-11-10-14(12-17(16)25-5-2)21-19(22)13-26-20(23)15-8-6-7-9-18(15)27-3/h6-12H,4-5,13H2,1-3H3,(H,21,22). The third-order valence-corrected chi connectivity index (χ3v) is 4.28. The molecule has 0 aliphatic rings. The minimum absolute atomic E-state index is 0.376. The predicted octanol–water partition coefficient (Wildman–Crippen LogP) is 4.00. The van der Waals surface area contributed by atoms with Crippen LogP contribution in [0, 0.1) is 0 Å². The van der Waals surface area contributed by atoms with Crippen molar-refractivity contribution in [1.82, 2.24) is 0 Å². The van der Waals surface area contributed by atoms with E-state index in [9.17, 15) is 9.59 Å². The third kappa shape index (κ3) is 5.92. The van der Waals surface area contributed by atoms with Gasteiger partial charge in [-0.1, -0.05) is 12.1 Å². The first-order chi connectivity index (χ1) is 13.1. The van der Waals surface area contributed by atoms with Gasteiger partial charge in [-0.2, -0.15) is 0 Å². The van der Waals surface area contributed by atoms with Crippen LogP contribution in [-0.4, -0.2) is 38.0 Å². The minimum Gasteiger partial charge on any atom is -0.490 e. The van der Waals surface area contributed by atoms with Gasteiger partial charge in [-0.3, -0.25) is 4.79 Å². The molecule has 0 aliphatic carbocycles. The summed E-state index contributed by atoms with van der Waals surface area (Å²) in [5, 5.41) is 2.69. The van der Waals surface area contributed by atoms with E-state index in [2.05, 4.69) is 5.32 Å². The van der Waals surface area contributed by atoms with Crippen molar-refractivity contribution in [2.24, 2.45) is 0 Å². The molecule has 0 spiro atoms. The zero-order valence-corrected chi connectivity index (χ0v) is 16.4. The highest BCUT2D eigenvalue weighted by molar-refractivity contribution is 7.98. The predicted molar refractivity (Wildman–Crippen MR) is 106 cm³/mol. The molecule has 0 aliphatic heterocycles. The number of ether oxygens (including phenoxy) is 3. The van der Waals surface area contributed by atoms with E-state index in [0.29, 0.717) is 36.0 Å². The van der Waals surface area contributed by atoms with Crippen LogP contribution in [0.25, 0.3) is 0 Å². The van der Waals surface area contributed by atoms with Crippen molar-refractivity contribution < 1.29 is 23.8 Å². The van der Waals surface area contributed by atoms with Crippen molar-refractivity contribution in [2.45, 2.75) is 18.7 Å². The van der Waals surface area contributed by atoms with Gasteiger partial charge in [0.25, 0.3) is 5.91 Å². The minimum atomic E-state index is -0.531. The number of hydrogen-bond acceptors (Lipinski definition) is 6. The van der Waals surface area contributed by atoms with Gasteiger partial charge in [0.1, 0.15) is 0 Å². The number of hydrogen-bond donors (Lipinski definition) is 1. The molecule has 0 saturated heterocycles. The summed E-state index contributed by atoms with van der Waals surface area (Å²) in [6.45, 7) is 4.36. The summed E-state index contributed by atoms with van der Waals surface area (Å²) < 4.78 is 16.1. The molecule has 0 atom stereocenters. The molecule has 27 heavy (non-hydrogen) atoms. The number of amides is 1. The quantitative estimate of drug-likeness (QED) is 0.516. The van der Waals surface area contributed by atoms with Gasteiger partial charge in [0.2, 0.25) is 0 Å². The van der Waals surface area contributed by atoms with E-state index in [0.717, 1.165) is 4.90 Å². The molecule has 2 aromatic carbocycles. The van der Waals surface area contributed by atoms with E-state index in [1.165, 1.54) is 11.8 Å². The highest BCUT2D eigenvalue weighted by Crippen LogP contribution is 2.30. The second kappa shape index (κ2) is 10.5. The summed E-state index contributed by atoms with van der Waals surface area (Å²) in [5.74, 6) is 0.189. The van der Waals surface area contributed by atoms with E-state index in [-0.39, 0.29) is 6.61 Å². The number of carbonyl (C=O) groups excluding carboxylic acids is 2. The third-order valence-electron chi connectivity index (χ3n) is 3.49. The monoisotopic (exact) mass is 389 g/mol. The van der Waals surface area contributed by atoms with Gasteiger partial charge >= 0.3 is 5.97 Å². The van der Waals surface area contributed by atoms with Crippen LogP contribution < -0.4 is 14.8 Å². The lowest BCUT2D eigenvalue weighted by atomic mass is 10.2. The first kappa shape index (κ1) is 20.6. The number of esters is 1. The number of nitrogens with one attached hydrogen (secondary N) is 1. The Balaban J connectivity index is 1.97. The molecule has 0 aromatic heterocycles. The number of thioether (sulfide) groups is 1. The molecular formula is C20H23NO5S. The molecule has 2 rings (SSSR count). The fraction of sp³-hybridized carbons (Fsp3) is 0.300. The molecule has 0 radical (unpaired) electrons. The summed E-state index contributed by atoms with van der Waals surface area (Å²) >= 11 is 1.44. The average Bonchev–Trinajstić information content (AvgIpc) is 2.68. The molecule has 7 heteroatoms. The lowest BCUT2D eigenvalue weighted by Gasteiger charge is -2.13. The van der Waals surface area contributed by atoms with E-state index < -0.39 is 11.9 Å². The molecule has 1 amide bonds. The maximum atomic E-state index is 12.2. The van der Waals surface area contributed by atoms with Gasteiger partial charge in [-0.15, -0.1) is 11.8 Å². The molecule has 0 unspecified atom stereocenters. The molecule has 0 fully saturated rings. The van der Waals surface area contributed by atoms with Crippen LogP contribution in [0.15, 0.2) is 47.4 Å². The van der Waals surface area contributed by atoms with Gasteiger partial charge in [0, 0.05) is 16.6 Å². The van der Waals surface area contributed by atoms with Gasteiger partial charge < -0.3 is 19.5 Å². The van der Waals surface area contributed by atoms with Gasteiger partial charge in [-0.25, -0.2) is 4.79 Å². The van der Waals surface area contributed by atoms with Crippen LogP contribution in [0.1, 0.15) is 24.2 Å². The topological polar surface area (TPSA) is 73.9 Å². The molecule has 6 nitrogen and oxygen atoms in total. The molecule has 1 N–H and O–H groups in total. The molecule has 0 bridgehead atoms. The largest absolute Gasteiger partial charge is 0.490 e. The van der Waals surface area contributed by atoms with Crippen molar-refractivity contribution in [3.8, 4) is 11.5 Å². The zero-order valence-electron chi connectivity index (χ0n) is 15.6. The highest BCUT2D eigenvalue weighted by Gasteiger charge is 2.14. The maximum absolute atomic E-state index is 12.2. The molecule has 144 valence electrons. The Kier molecular flexibility index (Phi) is 8.00. The number of rotatable bonds is 9. The molecular weight excluding hydrogens is 366 g/mol. The normalized spacial score (nSPS) is 10.2. The van der Waals surface area contributed by atoms with Gasteiger partial charge in [0.15, 0.2) is 18.1 Å². The van der Waals surface area contributed by atoms with Crippen LogP contribution >= 0.6 is 11.8 Å². The van der Waals surface area contributed by atoms with Crippen molar-refractivity contribution in [2.75, 3.05) is 31.4 Å². The molecule has 2 aromatic rings. The van der Waals surface area contributed by atoms with Crippen molar-refractivity contribution >= 4 is 29.3 Å². The Hall–Kier alpha value is -2.67. The summed E-state index contributed by atoms with van der Waals surface area (Å²) in [5.41, 5.74) is 0.977. The van der Waals surface area contributed by atoms with Gasteiger partial charge in [0.05, 0.1) is 18.8 Å². The van der Waals surface area contributed by atoms with Crippen LogP contribution in [0.4, 0.5) is 5.69 Å². The van der Waals surface area contributed by atoms with Crippen LogP contribution in [-0.2, 0) is 9.53 Å². The lowest BCUT2D eigenvalue weighted by Crippen LogP contribution is -2.21. The number of anilines is 1. The number of carbonyl (C=O) groups is 2. The lowest BCUT2D eigenvalue weighted by molar-refractivity contribution is -0.119. The average molecular weight is 389 g/mol. The Labute approximate surface area is 163 Å². The summed E-state index contributed by atoms with van der Waals surface area (Å²) in [4.78, 5) is 25.1. The van der Waals surface area contributed by atoms with Crippen molar-refractivity contribution in [3.05, 3.63) is 48.0 Å². The summed E-state index contributed by atoms with van der Waals surface area (Å²) in [6, 6.07) is 12.2. The molecule has 0 saturated carbocycles. The van der Waals surface area contributed by atoms with Crippen LogP contribution in [0.3, 0.4) is 0 Å². The van der Waals surface area contributed by atoms with Crippen molar-refractivity contribution in [1.29, 1.82) is 0 Å². The van der Waals surface area contributed by atoms with Crippen LogP contribution in [0.5, 0.6) is 11.5 Å². The summed E-state index contributed by atoms with van der Waals surface area (Å²) in [7, 11) is 0. The van der Waals surface area contributed by atoms with E-state index in [1.807, 2.05) is 32.2 Å². The highest BCUT2D eigenvalue weighted by atomic mass is 32.2. The Morgan fingerprint density at radius 3 is 2.41 bits per heavy atom. The Morgan fingerprint density at radius 2 is 1.70 bits per heavy atom. The van der Waals surface area contributed by atoms with Crippen molar-refractivity contribution in [3.63, 3.8) is 0 Å². The first-order valence-corrected chi connectivity index (χ1v) is 9.81. The van der Waals surface area contributed by atoms with E-state index in [4.69, 9.17) is 14.2 Å². The fourth-order valence-electron chi connectivity index (χ4n) is 2.35. The summed E-state index contributed by atoms with van der Waals surface area (Å²) in [6.07, 6.45) is 1.88. The van der Waals surface area contributed by atoms with Crippen LogP contribution in [0.2, 0.25) is 0 Å².